The van der Waals surface area contributed by atoms with Crippen molar-refractivity contribution >= 4 is 12.1 Å². The van der Waals surface area contributed by atoms with Crippen molar-refractivity contribution < 1.29 is 19.1 Å². The maximum absolute atomic E-state index is 12.2. The summed E-state index contributed by atoms with van der Waals surface area (Å²) >= 11 is 0. The topological polar surface area (TPSA) is 110 Å². The van der Waals surface area contributed by atoms with Crippen molar-refractivity contribution in [3.63, 3.8) is 0 Å². The number of carbonyl (C=O) groups is 2. The second-order valence-corrected chi connectivity index (χ2v) is 5.89. The fourth-order valence-electron chi connectivity index (χ4n) is 2.26. The Balaban J connectivity index is 2.16. The van der Waals surface area contributed by atoms with Crippen LogP contribution < -0.4 is 0 Å². The number of ether oxygens (including phenoxy) is 2. The minimum Gasteiger partial charge on any atom is -0.467 e. The van der Waals surface area contributed by atoms with E-state index < -0.39 is 23.7 Å². The molecule has 0 bridgehead atoms. The molecule has 1 aromatic heterocycles. The van der Waals surface area contributed by atoms with Gasteiger partial charge in [0.2, 0.25) is 0 Å². The van der Waals surface area contributed by atoms with E-state index in [0.29, 0.717) is 18.8 Å². The summed E-state index contributed by atoms with van der Waals surface area (Å²) in [5.41, 5.74) is -0.635. The molecule has 21 heavy (non-hydrogen) atoms. The van der Waals surface area contributed by atoms with Crippen molar-refractivity contribution in [1.29, 1.82) is 0 Å². The Morgan fingerprint density at radius 1 is 1.38 bits per heavy atom. The van der Waals surface area contributed by atoms with Crippen LogP contribution in [-0.2, 0) is 14.3 Å². The number of methoxy groups -OCH3 is 1. The maximum Gasteiger partial charge on any atom is 0.411 e. The lowest BCUT2D eigenvalue weighted by Gasteiger charge is -2.27. The SMILES string of the molecule is COC(=O)[C@@H]1C[C@@H](c2nnn[nH]2)CN1C(=O)OC(C)(C)C. The van der Waals surface area contributed by atoms with E-state index in [9.17, 15) is 9.59 Å². The third-order valence-corrected chi connectivity index (χ3v) is 3.15. The van der Waals surface area contributed by atoms with Crippen LogP contribution in [0.3, 0.4) is 0 Å². The largest absolute Gasteiger partial charge is 0.467 e. The Hall–Kier alpha value is -2.19. The van der Waals surface area contributed by atoms with Gasteiger partial charge in [-0.25, -0.2) is 14.7 Å². The monoisotopic (exact) mass is 297 g/mol. The van der Waals surface area contributed by atoms with Crippen LogP contribution in [0.1, 0.15) is 38.9 Å². The van der Waals surface area contributed by atoms with Crippen LogP contribution in [0.4, 0.5) is 4.79 Å². The highest BCUT2D eigenvalue weighted by Gasteiger charge is 2.43. The number of H-pyrrole nitrogens is 1. The molecule has 1 aliphatic heterocycles. The number of rotatable bonds is 2. The summed E-state index contributed by atoms with van der Waals surface area (Å²) in [4.78, 5) is 25.5. The number of carbonyl (C=O) groups excluding carboxylic acids is 2. The predicted molar refractivity (Wildman–Crippen MR) is 70.3 cm³/mol. The molecule has 1 saturated heterocycles. The summed E-state index contributed by atoms with van der Waals surface area (Å²) in [7, 11) is 1.29. The number of hydrogen-bond donors (Lipinski definition) is 1. The van der Waals surface area contributed by atoms with Crippen LogP contribution in [0, 0.1) is 0 Å². The molecule has 1 aromatic rings. The fraction of sp³-hybridized carbons (Fsp3) is 0.750. The first-order valence-electron chi connectivity index (χ1n) is 6.63. The van der Waals surface area contributed by atoms with Gasteiger partial charge in [0, 0.05) is 12.5 Å². The van der Waals surface area contributed by atoms with E-state index in [1.54, 1.807) is 20.8 Å². The van der Waals surface area contributed by atoms with E-state index in [-0.39, 0.29) is 5.92 Å². The molecular weight excluding hydrogens is 278 g/mol. The van der Waals surface area contributed by atoms with Gasteiger partial charge in [-0.15, -0.1) is 5.10 Å². The Morgan fingerprint density at radius 3 is 2.62 bits per heavy atom. The zero-order valence-electron chi connectivity index (χ0n) is 12.5. The number of likely N-dealkylation sites (tertiary alicyclic amines) is 1. The number of nitrogens with zero attached hydrogens (tertiary/aromatic N) is 4. The lowest BCUT2D eigenvalue weighted by atomic mass is 10.1. The average Bonchev–Trinajstić information content (AvgIpc) is 3.04. The molecule has 0 aliphatic carbocycles. The molecule has 9 nitrogen and oxygen atoms in total. The third kappa shape index (κ3) is 3.47. The normalized spacial score (nSPS) is 22.2. The molecule has 0 unspecified atom stereocenters. The molecular formula is C12H19N5O4. The van der Waals surface area contributed by atoms with Gasteiger partial charge in [0.15, 0.2) is 5.82 Å². The summed E-state index contributed by atoms with van der Waals surface area (Å²) in [5, 5.41) is 13.5. The number of aromatic nitrogens is 4. The van der Waals surface area contributed by atoms with Gasteiger partial charge in [0.05, 0.1) is 7.11 Å². The van der Waals surface area contributed by atoms with Gasteiger partial charge in [0.1, 0.15) is 11.6 Å². The first-order valence-corrected chi connectivity index (χ1v) is 6.63. The fourth-order valence-corrected chi connectivity index (χ4v) is 2.26. The zero-order chi connectivity index (χ0) is 15.6. The van der Waals surface area contributed by atoms with Gasteiger partial charge in [-0.05, 0) is 37.6 Å². The molecule has 2 heterocycles. The number of amides is 1. The van der Waals surface area contributed by atoms with Crippen LogP contribution in [0.15, 0.2) is 0 Å². The first-order chi connectivity index (χ1) is 9.81. The number of esters is 1. The Bertz CT molecular complexity index is 510. The summed E-state index contributed by atoms with van der Waals surface area (Å²) < 4.78 is 10.1. The van der Waals surface area contributed by atoms with E-state index in [1.165, 1.54) is 12.0 Å². The van der Waals surface area contributed by atoms with Crippen molar-refractivity contribution in [2.24, 2.45) is 0 Å². The van der Waals surface area contributed by atoms with E-state index in [1.807, 2.05) is 0 Å². The molecule has 9 heteroatoms. The first kappa shape index (κ1) is 15.2. The molecule has 0 radical (unpaired) electrons. The Morgan fingerprint density at radius 2 is 2.10 bits per heavy atom. The third-order valence-electron chi connectivity index (χ3n) is 3.15. The molecule has 2 rings (SSSR count). The van der Waals surface area contributed by atoms with Gasteiger partial charge in [-0.3, -0.25) is 4.90 Å². The minimum absolute atomic E-state index is 0.156. The standard InChI is InChI=1S/C12H19N5O4/c1-12(2,3)21-11(19)17-6-7(9-13-15-16-14-9)5-8(17)10(18)20-4/h7-8H,5-6H2,1-4H3,(H,13,14,15,16)/t7-,8+/m1/s1. The second kappa shape index (κ2) is 5.66. The van der Waals surface area contributed by atoms with Crippen molar-refractivity contribution in [3.8, 4) is 0 Å². The summed E-state index contributed by atoms with van der Waals surface area (Å²) in [6.45, 7) is 5.61. The minimum atomic E-state index is -0.694. The molecule has 0 spiro atoms. The van der Waals surface area contributed by atoms with Crippen molar-refractivity contribution in [2.75, 3.05) is 13.7 Å². The van der Waals surface area contributed by atoms with E-state index in [2.05, 4.69) is 20.6 Å². The van der Waals surface area contributed by atoms with Gasteiger partial charge in [0.25, 0.3) is 0 Å². The molecule has 1 fully saturated rings. The highest BCUT2D eigenvalue weighted by atomic mass is 16.6. The number of tetrazole rings is 1. The van der Waals surface area contributed by atoms with Gasteiger partial charge >= 0.3 is 12.1 Å². The van der Waals surface area contributed by atoms with Crippen LogP contribution >= 0.6 is 0 Å². The summed E-state index contributed by atoms with van der Waals surface area (Å²) in [5.74, 6) is -0.0950. The summed E-state index contributed by atoms with van der Waals surface area (Å²) in [6.07, 6.45) is -0.157. The predicted octanol–water partition coefficient (Wildman–Crippen LogP) is 0.466. The van der Waals surface area contributed by atoms with Crippen LogP contribution in [0.5, 0.6) is 0 Å². The molecule has 1 aliphatic rings. The van der Waals surface area contributed by atoms with Crippen LogP contribution in [0.2, 0.25) is 0 Å². The van der Waals surface area contributed by atoms with Crippen molar-refractivity contribution in [3.05, 3.63) is 5.82 Å². The van der Waals surface area contributed by atoms with Gasteiger partial charge < -0.3 is 9.47 Å². The van der Waals surface area contributed by atoms with Crippen LogP contribution in [0.25, 0.3) is 0 Å². The van der Waals surface area contributed by atoms with Crippen molar-refractivity contribution in [2.45, 2.75) is 44.8 Å². The Kier molecular flexibility index (Phi) is 4.10. The van der Waals surface area contributed by atoms with E-state index in [0.717, 1.165) is 0 Å². The lowest BCUT2D eigenvalue weighted by molar-refractivity contribution is -0.145. The summed E-state index contributed by atoms with van der Waals surface area (Å²) in [6, 6.07) is -0.694. The molecule has 1 N–H and O–H groups in total. The van der Waals surface area contributed by atoms with E-state index >= 15 is 0 Å². The maximum atomic E-state index is 12.2. The van der Waals surface area contributed by atoms with E-state index in [4.69, 9.17) is 9.47 Å². The molecule has 1 amide bonds. The Labute approximate surface area is 122 Å². The molecule has 116 valence electrons. The molecule has 0 aromatic carbocycles. The highest BCUT2D eigenvalue weighted by Crippen LogP contribution is 2.31. The molecule has 0 saturated carbocycles. The van der Waals surface area contributed by atoms with Crippen LogP contribution in [-0.4, -0.2) is 62.9 Å². The number of nitrogens with one attached hydrogen (secondary N) is 1. The average molecular weight is 297 g/mol. The lowest BCUT2D eigenvalue weighted by Crippen LogP contribution is -2.43. The zero-order valence-corrected chi connectivity index (χ0v) is 12.5. The number of hydrogen-bond acceptors (Lipinski definition) is 7. The smallest absolute Gasteiger partial charge is 0.411 e. The second-order valence-electron chi connectivity index (χ2n) is 5.89. The quantitative estimate of drug-likeness (QED) is 0.790. The van der Waals surface area contributed by atoms with Gasteiger partial charge in [-0.1, -0.05) is 0 Å². The van der Waals surface area contributed by atoms with Crippen molar-refractivity contribution in [1.82, 2.24) is 25.5 Å². The highest BCUT2D eigenvalue weighted by molar-refractivity contribution is 5.82. The number of aromatic amines is 1. The molecule has 2 atom stereocenters. The van der Waals surface area contributed by atoms with Gasteiger partial charge in [-0.2, -0.15) is 0 Å².